The highest BCUT2D eigenvalue weighted by Crippen LogP contribution is 2.26. The molecule has 5 N–H and O–H groups in total. The molecular formula is C15H27N5. The van der Waals surface area contributed by atoms with Gasteiger partial charge in [0.1, 0.15) is 0 Å². The molecular weight excluding hydrogens is 250 g/mol. The molecule has 112 valence electrons. The molecule has 1 unspecified atom stereocenters. The van der Waals surface area contributed by atoms with Crippen LogP contribution < -0.4 is 17.0 Å². The van der Waals surface area contributed by atoms with Crippen molar-refractivity contribution in [2.45, 2.75) is 51.1 Å². The number of hydrogen-bond acceptors (Lipinski definition) is 5. The molecule has 1 aliphatic heterocycles. The molecule has 5 nitrogen and oxygen atoms in total. The predicted molar refractivity (Wildman–Crippen MR) is 83.0 cm³/mol. The molecule has 0 aliphatic carbocycles. The minimum absolute atomic E-state index is 0.00253. The van der Waals surface area contributed by atoms with Gasteiger partial charge in [0.05, 0.1) is 0 Å². The Bertz CT molecular complexity index is 426. The van der Waals surface area contributed by atoms with Crippen molar-refractivity contribution in [1.82, 2.24) is 15.3 Å². The van der Waals surface area contributed by atoms with Crippen LogP contribution in [-0.4, -0.2) is 34.6 Å². The number of nitrogens with zero attached hydrogens (tertiary/aromatic N) is 2. The first-order valence-corrected chi connectivity index (χ1v) is 7.45. The fourth-order valence-corrected chi connectivity index (χ4v) is 3.03. The summed E-state index contributed by atoms with van der Waals surface area (Å²) in [5, 5.41) is 0. The van der Waals surface area contributed by atoms with Crippen molar-refractivity contribution >= 4 is 5.69 Å². The van der Waals surface area contributed by atoms with Crippen molar-refractivity contribution in [2.75, 3.05) is 18.8 Å². The number of likely N-dealkylation sites (tertiary alicyclic amines) is 1. The van der Waals surface area contributed by atoms with Gasteiger partial charge in [-0.1, -0.05) is 6.42 Å². The van der Waals surface area contributed by atoms with Gasteiger partial charge in [0.25, 0.3) is 0 Å². The summed E-state index contributed by atoms with van der Waals surface area (Å²) in [6.07, 6.45) is 8.24. The summed E-state index contributed by atoms with van der Waals surface area (Å²) >= 11 is 0. The van der Waals surface area contributed by atoms with Gasteiger partial charge in [0.2, 0.25) is 0 Å². The molecule has 0 radical (unpaired) electrons. The summed E-state index contributed by atoms with van der Waals surface area (Å²) < 4.78 is 0. The van der Waals surface area contributed by atoms with Gasteiger partial charge >= 0.3 is 0 Å². The highest BCUT2D eigenvalue weighted by atomic mass is 15.3. The topological polar surface area (TPSA) is 80.2 Å². The quantitative estimate of drug-likeness (QED) is 0.558. The first kappa shape index (κ1) is 15.2. The van der Waals surface area contributed by atoms with E-state index >= 15 is 0 Å². The maximum absolute atomic E-state index is 6.02. The zero-order valence-electron chi connectivity index (χ0n) is 12.6. The van der Waals surface area contributed by atoms with Crippen LogP contribution in [0.15, 0.2) is 18.5 Å². The lowest BCUT2D eigenvalue weighted by atomic mass is 9.86. The third-order valence-corrected chi connectivity index (χ3v) is 4.59. The van der Waals surface area contributed by atoms with Crippen LogP contribution in [0.4, 0.5) is 5.69 Å². The Hall–Kier alpha value is -1.17. The molecule has 1 aromatic heterocycles. The lowest BCUT2D eigenvalue weighted by molar-refractivity contribution is 0.0611. The van der Waals surface area contributed by atoms with Crippen LogP contribution in [0.1, 0.15) is 38.7 Å². The Kier molecular flexibility index (Phi) is 4.96. The number of pyridine rings is 1. The summed E-state index contributed by atoms with van der Waals surface area (Å²) in [7, 11) is 0. The molecule has 1 atom stereocenters. The van der Waals surface area contributed by atoms with Crippen molar-refractivity contribution in [1.29, 1.82) is 0 Å². The van der Waals surface area contributed by atoms with Crippen molar-refractivity contribution in [3.63, 3.8) is 0 Å². The molecule has 0 saturated carbocycles. The number of hydrazine groups is 1. The second-order valence-electron chi connectivity index (χ2n) is 6.20. The van der Waals surface area contributed by atoms with Crippen LogP contribution in [0.25, 0.3) is 0 Å². The first-order valence-electron chi connectivity index (χ1n) is 7.45. The van der Waals surface area contributed by atoms with Crippen LogP contribution >= 0.6 is 0 Å². The summed E-state index contributed by atoms with van der Waals surface area (Å²) in [6, 6.07) is 1.99. The molecule has 1 aliphatic rings. The van der Waals surface area contributed by atoms with E-state index in [4.69, 9.17) is 11.6 Å². The van der Waals surface area contributed by atoms with E-state index in [-0.39, 0.29) is 11.6 Å². The van der Waals surface area contributed by atoms with Gasteiger partial charge in [0.15, 0.2) is 0 Å². The fraction of sp³-hybridized carbons (Fsp3) is 0.667. The number of nitrogen functional groups attached to an aromatic ring is 1. The average Bonchev–Trinajstić information content (AvgIpc) is 2.47. The number of piperidine rings is 1. The molecule has 1 fully saturated rings. The Morgan fingerprint density at radius 1 is 1.35 bits per heavy atom. The number of rotatable bonds is 5. The summed E-state index contributed by atoms with van der Waals surface area (Å²) in [5.41, 5.74) is 10.9. The van der Waals surface area contributed by atoms with Gasteiger partial charge in [-0.3, -0.25) is 21.2 Å². The van der Waals surface area contributed by atoms with Crippen molar-refractivity contribution < 1.29 is 0 Å². The number of anilines is 1. The van der Waals surface area contributed by atoms with E-state index in [9.17, 15) is 0 Å². The van der Waals surface area contributed by atoms with E-state index in [1.54, 1.807) is 6.20 Å². The largest absolute Gasteiger partial charge is 0.398 e. The van der Waals surface area contributed by atoms with Gasteiger partial charge < -0.3 is 5.73 Å². The first-order chi connectivity index (χ1) is 9.55. The van der Waals surface area contributed by atoms with Crippen molar-refractivity contribution in [3.8, 4) is 0 Å². The summed E-state index contributed by atoms with van der Waals surface area (Å²) in [6.45, 7) is 6.81. The summed E-state index contributed by atoms with van der Waals surface area (Å²) in [5.74, 6) is 5.83. The number of nitrogens with two attached hydrogens (primary N) is 2. The zero-order chi connectivity index (χ0) is 14.6. The van der Waals surface area contributed by atoms with E-state index in [1.165, 1.54) is 19.3 Å². The Labute approximate surface area is 121 Å². The molecule has 2 heterocycles. The second-order valence-corrected chi connectivity index (χ2v) is 6.20. The van der Waals surface area contributed by atoms with Crippen LogP contribution in [0, 0.1) is 0 Å². The monoisotopic (exact) mass is 277 g/mol. The number of nitrogens with one attached hydrogen (secondary N) is 1. The zero-order valence-corrected chi connectivity index (χ0v) is 12.6. The van der Waals surface area contributed by atoms with E-state index in [0.717, 1.165) is 30.8 Å². The lowest BCUT2D eigenvalue weighted by Gasteiger charge is -2.45. The maximum Gasteiger partial charge on any atom is 0.0431 e. The van der Waals surface area contributed by atoms with E-state index in [2.05, 4.69) is 29.2 Å². The molecule has 1 aromatic rings. The maximum atomic E-state index is 6.02. The standard InChI is InChI=1S/C15H27N5/c1-15(2,20-8-4-3-5-9-20)14(19-17)10-12-11-18-7-6-13(12)16/h6-7,11,14,19H,3-5,8-10,17H2,1-2H3,(H2,16,18). The van der Waals surface area contributed by atoms with E-state index in [0.29, 0.717) is 0 Å². The van der Waals surface area contributed by atoms with Crippen LogP contribution in [0.2, 0.25) is 0 Å². The SMILES string of the molecule is CC(C)(C(Cc1cnccc1N)NN)N1CCCCC1. The Balaban J connectivity index is 2.12. The molecule has 1 saturated heterocycles. The summed E-state index contributed by atoms with van der Waals surface area (Å²) in [4.78, 5) is 6.70. The van der Waals surface area contributed by atoms with E-state index in [1.807, 2.05) is 12.3 Å². The molecule has 0 spiro atoms. The third-order valence-electron chi connectivity index (χ3n) is 4.59. The number of hydrogen-bond donors (Lipinski definition) is 3. The smallest absolute Gasteiger partial charge is 0.0431 e. The molecule has 0 amide bonds. The third kappa shape index (κ3) is 3.29. The predicted octanol–water partition coefficient (Wildman–Crippen LogP) is 1.30. The van der Waals surface area contributed by atoms with Gasteiger partial charge in [0, 0.05) is 29.7 Å². The average molecular weight is 277 g/mol. The van der Waals surface area contributed by atoms with Crippen LogP contribution in [0.3, 0.4) is 0 Å². The number of aromatic nitrogens is 1. The van der Waals surface area contributed by atoms with Crippen molar-refractivity contribution in [2.24, 2.45) is 5.84 Å². The van der Waals surface area contributed by atoms with Gasteiger partial charge in [-0.15, -0.1) is 0 Å². The second kappa shape index (κ2) is 6.52. The minimum Gasteiger partial charge on any atom is -0.398 e. The Morgan fingerprint density at radius 2 is 2.05 bits per heavy atom. The molecule has 2 rings (SSSR count). The van der Waals surface area contributed by atoms with Gasteiger partial charge in [-0.2, -0.15) is 0 Å². The van der Waals surface area contributed by atoms with Crippen LogP contribution in [0.5, 0.6) is 0 Å². The molecule has 20 heavy (non-hydrogen) atoms. The molecule has 5 heteroatoms. The molecule has 0 bridgehead atoms. The minimum atomic E-state index is -0.00253. The fourth-order valence-electron chi connectivity index (χ4n) is 3.03. The van der Waals surface area contributed by atoms with Gasteiger partial charge in [-0.25, -0.2) is 0 Å². The van der Waals surface area contributed by atoms with Crippen molar-refractivity contribution in [3.05, 3.63) is 24.0 Å². The van der Waals surface area contributed by atoms with E-state index < -0.39 is 0 Å². The highest BCUT2D eigenvalue weighted by molar-refractivity contribution is 5.44. The molecule has 0 aromatic carbocycles. The highest BCUT2D eigenvalue weighted by Gasteiger charge is 2.35. The van der Waals surface area contributed by atoms with Crippen LogP contribution in [-0.2, 0) is 6.42 Å². The lowest BCUT2D eigenvalue weighted by Crippen LogP contribution is -2.61. The Morgan fingerprint density at radius 3 is 2.65 bits per heavy atom. The normalized spacial score (nSPS) is 18.9. The van der Waals surface area contributed by atoms with Gasteiger partial charge in [-0.05, 0) is 57.8 Å².